The van der Waals surface area contributed by atoms with Crippen molar-refractivity contribution in [1.82, 2.24) is 4.90 Å². The monoisotopic (exact) mass is 252 g/mol. The van der Waals surface area contributed by atoms with Crippen LogP contribution >= 0.6 is 0 Å². The number of nitrogens with zero attached hydrogens (tertiary/aromatic N) is 1. The third kappa shape index (κ3) is 5.49. The number of likely N-dealkylation sites (N-methyl/N-ethyl adjacent to an activating group) is 1. The number of methoxy groups -OCH3 is 1. The molecular weight excluding hydrogens is 228 g/mol. The van der Waals surface area contributed by atoms with E-state index in [0.717, 1.165) is 18.7 Å². The van der Waals surface area contributed by atoms with Gasteiger partial charge in [-0.05, 0) is 44.1 Å². The third-order valence-electron chi connectivity index (χ3n) is 2.94. The zero-order valence-corrected chi connectivity index (χ0v) is 11.3. The van der Waals surface area contributed by atoms with Crippen molar-refractivity contribution in [1.29, 1.82) is 0 Å². The summed E-state index contributed by atoms with van der Waals surface area (Å²) in [4.78, 5) is 2.12. The van der Waals surface area contributed by atoms with Crippen molar-refractivity contribution in [2.24, 2.45) is 5.73 Å². The number of aliphatic hydroxyl groups excluding tert-OH is 1. The van der Waals surface area contributed by atoms with Gasteiger partial charge in [-0.1, -0.05) is 12.1 Å². The molecule has 4 nitrogen and oxygen atoms in total. The van der Waals surface area contributed by atoms with E-state index in [1.165, 1.54) is 5.56 Å². The minimum absolute atomic E-state index is 0.328. The molecule has 1 atom stereocenters. The van der Waals surface area contributed by atoms with Gasteiger partial charge in [-0.25, -0.2) is 0 Å². The molecule has 0 spiro atoms. The molecule has 1 aromatic rings. The number of rotatable bonds is 8. The Morgan fingerprint density at radius 2 is 2.22 bits per heavy atom. The van der Waals surface area contributed by atoms with Gasteiger partial charge in [0, 0.05) is 13.1 Å². The lowest BCUT2D eigenvalue weighted by atomic mass is 10.1. The fourth-order valence-electron chi connectivity index (χ4n) is 1.88. The Balaban J connectivity index is 2.35. The maximum Gasteiger partial charge on any atom is 0.119 e. The Morgan fingerprint density at radius 1 is 1.44 bits per heavy atom. The van der Waals surface area contributed by atoms with E-state index in [-0.39, 0.29) is 6.10 Å². The van der Waals surface area contributed by atoms with Crippen LogP contribution in [-0.4, -0.2) is 49.9 Å². The first-order valence-corrected chi connectivity index (χ1v) is 6.35. The van der Waals surface area contributed by atoms with Crippen LogP contribution in [0.2, 0.25) is 0 Å². The Labute approximate surface area is 109 Å². The van der Waals surface area contributed by atoms with Crippen LogP contribution in [0, 0.1) is 0 Å². The first-order chi connectivity index (χ1) is 8.65. The van der Waals surface area contributed by atoms with E-state index in [1.807, 2.05) is 25.2 Å². The zero-order chi connectivity index (χ0) is 13.4. The van der Waals surface area contributed by atoms with E-state index in [0.29, 0.717) is 19.5 Å². The Hall–Kier alpha value is -1.10. The van der Waals surface area contributed by atoms with E-state index >= 15 is 0 Å². The van der Waals surface area contributed by atoms with Crippen molar-refractivity contribution in [3.63, 3.8) is 0 Å². The van der Waals surface area contributed by atoms with Crippen LogP contribution in [0.1, 0.15) is 12.0 Å². The second kappa shape index (κ2) is 8.08. The van der Waals surface area contributed by atoms with Gasteiger partial charge in [-0.2, -0.15) is 0 Å². The molecule has 0 fully saturated rings. The molecule has 0 aliphatic carbocycles. The molecule has 0 radical (unpaired) electrons. The van der Waals surface area contributed by atoms with Crippen molar-refractivity contribution in [3.05, 3.63) is 29.8 Å². The topological polar surface area (TPSA) is 58.7 Å². The van der Waals surface area contributed by atoms with Crippen LogP contribution in [-0.2, 0) is 6.42 Å². The molecule has 0 bridgehead atoms. The molecule has 4 heteroatoms. The smallest absolute Gasteiger partial charge is 0.119 e. The molecule has 102 valence electrons. The number of ether oxygens (including phenoxy) is 1. The Kier molecular flexibility index (Phi) is 6.72. The summed E-state index contributed by atoms with van der Waals surface area (Å²) < 4.78 is 5.19. The van der Waals surface area contributed by atoms with Gasteiger partial charge in [0.15, 0.2) is 0 Å². The van der Waals surface area contributed by atoms with Crippen LogP contribution in [0.4, 0.5) is 0 Å². The lowest BCUT2D eigenvalue weighted by Gasteiger charge is -2.20. The summed E-state index contributed by atoms with van der Waals surface area (Å²) in [6.07, 6.45) is 1.28. The van der Waals surface area contributed by atoms with E-state index in [4.69, 9.17) is 10.5 Å². The zero-order valence-electron chi connectivity index (χ0n) is 11.3. The predicted octanol–water partition coefficient (Wildman–Crippen LogP) is 0.879. The Morgan fingerprint density at radius 3 is 2.89 bits per heavy atom. The number of aliphatic hydroxyl groups is 1. The third-order valence-corrected chi connectivity index (χ3v) is 2.94. The maximum absolute atomic E-state index is 9.66. The van der Waals surface area contributed by atoms with Gasteiger partial charge in [0.1, 0.15) is 5.75 Å². The molecule has 0 aliphatic rings. The Bertz CT molecular complexity index is 344. The lowest BCUT2D eigenvalue weighted by molar-refractivity contribution is 0.120. The maximum atomic E-state index is 9.66. The average Bonchev–Trinajstić information content (AvgIpc) is 2.37. The van der Waals surface area contributed by atoms with E-state index in [2.05, 4.69) is 11.0 Å². The summed E-state index contributed by atoms with van der Waals surface area (Å²) in [5.41, 5.74) is 6.65. The number of hydrogen-bond acceptors (Lipinski definition) is 4. The van der Waals surface area contributed by atoms with Crippen LogP contribution in [0.3, 0.4) is 0 Å². The fraction of sp³-hybridized carbons (Fsp3) is 0.571. The highest BCUT2D eigenvalue weighted by molar-refractivity contribution is 5.28. The number of benzene rings is 1. The minimum Gasteiger partial charge on any atom is -0.497 e. The van der Waals surface area contributed by atoms with Gasteiger partial charge in [0.25, 0.3) is 0 Å². The molecule has 1 unspecified atom stereocenters. The average molecular weight is 252 g/mol. The highest BCUT2D eigenvalue weighted by atomic mass is 16.5. The minimum atomic E-state index is -0.328. The molecule has 0 amide bonds. The molecule has 0 heterocycles. The molecule has 0 aromatic heterocycles. The van der Waals surface area contributed by atoms with Crippen LogP contribution < -0.4 is 10.5 Å². The summed E-state index contributed by atoms with van der Waals surface area (Å²) in [5, 5.41) is 9.66. The second-order valence-electron chi connectivity index (χ2n) is 4.59. The van der Waals surface area contributed by atoms with E-state index in [9.17, 15) is 5.11 Å². The number of hydrogen-bond donors (Lipinski definition) is 2. The summed E-state index contributed by atoms with van der Waals surface area (Å²) in [7, 11) is 3.69. The van der Waals surface area contributed by atoms with Crippen molar-refractivity contribution in [2.45, 2.75) is 18.9 Å². The van der Waals surface area contributed by atoms with E-state index < -0.39 is 0 Å². The summed E-state index contributed by atoms with van der Waals surface area (Å²) in [6, 6.07) is 8.08. The van der Waals surface area contributed by atoms with Crippen molar-refractivity contribution in [2.75, 3.05) is 33.8 Å². The second-order valence-corrected chi connectivity index (χ2v) is 4.59. The summed E-state index contributed by atoms with van der Waals surface area (Å²) in [6.45, 7) is 2.11. The van der Waals surface area contributed by atoms with Gasteiger partial charge in [0.2, 0.25) is 0 Å². The molecule has 1 rings (SSSR count). The SMILES string of the molecule is COc1cccc(CCN(C)CC(O)CCN)c1. The van der Waals surface area contributed by atoms with Crippen molar-refractivity contribution >= 4 is 0 Å². The van der Waals surface area contributed by atoms with Crippen LogP contribution in [0.25, 0.3) is 0 Å². The molecule has 1 aromatic carbocycles. The summed E-state index contributed by atoms with van der Waals surface area (Å²) >= 11 is 0. The lowest BCUT2D eigenvalue weighted by Crippen LogP contribution is -2.32. The largest absolute Gasteiger partial charge is 0.497 e. The standard InChI is InChI=1S/C14H24N2O2/c1-16(11-13(17)6-8-15)9-7-12-4-3-5-14(10-12)18-2/h3-5,10,13,17H,6-9,11,15H2,1-2H3. The highest BCUT2D eigenvalue weighted by Gasteiger charge is 2.07. The quantitative estimate of drug-likeness (QED) is 0.721. The molecule has 0 aliphatic heterocycles. The fourth-order valence-corrected chi connectivity index (χ4v) is 1.88. The normalized spacial score (nSPS) is 12.7. The van der Waals surface area contributed by atoms with Crippen LogP contribution in [0.15, 0.2) is 24.3 Å². The van der Waals surface area contributed by atoms with Crippen molar-refractivity contribution in [3.8, 4) is 5.75 Å². The molecule has 3 N–H and O–H groups in total. The van der Waals surface area contributed by atoms with Gasteiger partial charge in [0.05, 0.1) is 13.2 Å². The molecular formula is C14H24N2O2. The molecule has 18 heavy (non-hydrogen) atoms. The summed E-state index contributed by atoms with van der Waals surface area (Å²) in [5.74, 6) is 0.887. The van der Waals surface area contributed by atoms with Crippen molar-refractivity contribution < 1.29 is 9.84 Å². The number of nitrogens with two attached hydrogens (primary N) is 1. The first-order valence-electron chi connectivity index (χ1n) is 6.35. The predicted molar refractivity (Wildman–Crippen MR) is 73.9 cm³/mol. The van der Waals surface area contributed by atoms with Gasteiger partial charge >= 0.3 is 0 Å². The molecule has 0 saturated carbocycles. The van der Waals surface area contributed by atoms with Gasteiger partial charge < -0.3 is 20.5 Å². The van der Waals surface area contributed by atoms with E-state index in [1.54, 1.807) is 7.11 Å². The van der Waals surface area contributed by atoms with Crippen LogP contribution in [0.5, 0.6) is 5.75 Å². The first kappa shape index (κ1) is 15.0. The highest BCUT2D eigenvalue weighted by Crippen LogP contribution is 2.13. The molecule has 0 saturated heterocycles. The van der Waals surface area contributed by atoms with Gasteiger partial charge in [-0.3, -0.25) is 0 Å². The van der Waals surface area contributed by atoms with Gasteiger partial charge in [-0.15, -0.1) is 0 Å².